The van der Waals surface area contributed by atoms with Crippen LogP contribution in [0.5, 0.6) is 0 Å². The molecule has 0 radical (unpaired) electrons. The third-order valence-electron chi connectivity index (χ3n) is 4.11. The molecule has 1 saturated heterocycles. The summed E-state index contributed by atoms with van der Waals surface area (Å²) in [5, 5.41) is 12.2. The summed E-state index contributed by atoms with van der Waals surface area (Å²) >= 11 is 0. The number of aliphatic hydroxyl groups excluding tert-OH is 1. The van der Waals surface area contributed by atoms with Crippen LogP contribution >= 0.6 is 0 Å². The van der Waals surface area contributed by atoms with Crippen molar-refractivity contribution in [1.29, 1.82) is 0 Å². The van der Waals surface area contributed by atoms with Crippen LogP contribution in [0, 0.1) is 11.8 Å². The highest BCUT2D eigenvalue weighted by molar-refractivity contribution is 5.81. The maximum atomic E-state index is 11.8. The first-order valence-electron chi connectivity index (χ1n) is 6.74. The number of ether oxygens (including phenoxy) is 1. The zero-order valence-corrected chi connectivity index (χ0v) is 10.5. The van der Waals surface area contributed by atoms with Gasteiger partial charge < -0.3 is 15.2 Å². The summed E-state index contributed by atoms with van der Waals surface area (Å²) in [5.74, 6) is 0.847. The van der Waals surface area contributed by atoms with Crippen LogP contribution in [0.4, 0.5) is 0 Å². The fraction of sp³-hybridized carbons (Fsp3) is 0.923. The molecule has 1 aliphatic carbocycles. The van der Waals surface area contributed by atoms with Crippen LogP contribution in [-0.4, -0.2) is 36.4 Å². The average Bonchev–Trinajstić information content (AvgIpc) is 2.94. The first-order chi connectivity index (χ1) is 8.20. The summed E-state index contributed by atoms with van der Waals surface area (Å²) in [7, 11) is 0. The van der Waals surface area contributed by atoms with E-state index < -0.39 is 0 Å². The number of carbonyl (C=O) groups is 1. The van der Waals surface area contributed by atoms with Crippen LogP contribution in [-0.2, 0) is 9.53 Å². The maximum Gasteiger partial charge on any atom is 0.249 e. The largest absolute Gasteiger partial charge is 0.396 e. The summed E-state index contributed by atoms with van der Waals surface area (Å²) in [6.45, 7) is 2.95. The number of hydrogen-bond acceptors (Lipinski definition) is 3. The van der Waals surface area contributed by atoms with E-state index in [-0.39, 0.29) is 24.7 Å². The van der Waals surface area contributed by atoms with Gasteiger partial charge in [-0.2, -0.15) is 0 Å². The highest BCUT2D eigenvalue weighted by Gasteiger charge is 2.30. The van der Waals surface area contributed by atoms with Gasteiger partial charge in [0.2, 0.25) is 5.91 Å². The molecule has 1 heterocycles. The Morgan fingerprint density at radius 1 is 1.29 bits per heavy atom. The third kappa shape index (κ3) is 3.19. The summed E-state index contributed by atoms with van der Waals surface area (Å²) in [4.78, 5) is 11.8. The molecule has 0 bridgehead atoms. The van der Waals surface area contributed by atoms with Crippen molar-refractivity contribution in [1.82, 2.24) is 5.32 Å². The lowest BCUT2D eigenvalue weighted by Crippen LogP contribution is -2.38. The number of aliphatic hydroxyl groups is 1. The summed E-state index contributed by atoms with van der Waals surface area (Å²) < 4.78 is 5.53. The number of hydrogen-bond donors (Lipinski definition) is 2. The number of rotatable bonds is 4. The second-order valence-electron chi connectivity index (χ2n) is 5.39. The van der Waals surface area contributed by atoms with Gasteiger partial charge in [0.15, 0.2) is 0 Å². The van der Waals surface area contributed by atoms with Gasteiger partial charge in [0.05, 0.1) is 6.10 Å². The second-order valence-corrected chi connectivity index (χ2v) is 5.39. The van der Waals surface area contributed by atoms with E-state index in [2.05, 4.69) is 5.32 Å². The lowest BCUT2D eigenvalue weighted by atomic mass is 9.97. The van der Waals surface area contributed by atoms with Crippen molar-refractivity contribution in [2.24, 2.45) is 11.8 Å². The van der Waals surface area contributed by atoms with E-state index >= 15 is 0 Å². The average molecular weight is 241 g/mol. The minimum Gasteiger partial charge on any atom is -0.396 e. The van der Waals surface area contributed by atoms with Gasteiger partial charge in [-0.1, -0.05) is 6.42 Å². The highest BCUT2D eigenvalue weighted by atomic mass is 16.5. The third-order valence-corrected chi connectivity index (χ3v) is 4.11. The van der Waals surface area contributed by atoms with E-state index in [1.54, 1.807) is 0 Å². The zero-order chi connectivity index (χ0) is 12.3. The van der Waals surface area contributed by atoms with Crippen LogP contribution in [0.25, 0.3) is 0 Å². The van der Waals surface area contributed by atoms with Crippen molar-refractivity contribution in [2.45, 2.75) is 51.2 Å². The van der Waals surface area contributed by atoms with Crippen LogP contribution < -0.4 is 5.32 Å². The summed E-state index contributed by atoms with van der Waals surface area (Å²) in [6, 6.07) is 0. The van der Waals surface area contributed by atoms with Crippen molar-refractivity contribution in [3.63, 3.8) is 0 Å². The molecule has 4 nitrogen and oxygen atoms in total. The quantitative estimate of drug-likeness (QED) is 0.774. The minimum atomic E-state index is -0.251. The first kappa shape index (κ1) is 12.8. The Hall–Kier alpha value is -0.610. The molecule has 2 N–H and O–H groups in total. The van der Waals surface area contributed by atoms with E-state index in [0.29, 0.717) is 18.4 Å². The molecule has 1 amide bonds. The molecule has 0 aromatic carbocycles. The van der Waals surface area contributed by atoms with Crippen LogP contribution in [0.1, 0.15) is 39.0 Å². The highest BCUT2D eigenvalue weighted by Crippen LogP contribution is 2.30. The minimum absolute atomic E-state index is 0.0259. The van der Waals surface area contributed by atoms with Gasteiger partial charge in [-0.05, 0) is 44.4 Å². The molecule has 4 atom stereocenters. The van der Waals surface area contributed by atoms with Crippen molar-refractivity contribution in [2.75, 3.05) is 13.2 Å². The van der Waals surface area contributed by atoms with Crippen LogP contribution in [0.15, 0.2) is 0 Å². The lowest BCUT2D eigenvalue weighted by molar-refractivity contribution is -0.132. The molecule has 1 saturated carbocycles. The molecule has 0 aromatic heterocycles. The van der Waals surface area contributed by atoms with Gasteiger partial charge in [0.1, 0.15) is 6.10 Å². The second kappa shape index (κ2) is 5.83. The molecule has 0 spiro atoms. The molecular weight excluding hydrogens is 218 g/mol. The van der Waals surface area contributed by atoms with Crippen LogP contribution in [0.3, 0.4) is 0 Å². The Balaban J connectivity index is 1.72. The molecule has 98 valence electrons. The Bertz CT molecular complexity index is 269. The predicted octanol–water partition coefficient (Wildman–Crippen LogP) is 1.08. The monoisotopic (exact) mass is 241 g/mol. The fourth-order valence-corrected chi connectivity index (χ4v) is 2.96. The Kier molecular flexibility index (Phi) is 4.40. The van der Waals surface area contributed by atoms with Gasteiger partial charge in [-0.25, -0.2) is 0 Å². The number of carbonyl (C=O) groups excluding carboxylic acids is 1. The number of nitrogens with one attached hydrogen (secondary N) is 1. The number of amides is 1. The SMILES string of the molecule is CC1CCC(C(=O)NCC2CCCC2CO)O1. The van der Waals surface area contributed by atoms with Gasteiger partial charge in [0, 0.05) is 13.2 Å². The normalized spacial score (nSPS) is 37.3. The lowest BCUT2D eigenvalue weighted by Gasteiger charge is -2.19. The van der Waals surface area contributed by atoms with Gasteiger partial charge in [-0.3, -0.25) is 4.79 Å². The standard InChI is InChI=1S/C13H23NO3/c1-9-5-6-12(17-9)13(16)14-7-10-3-2-4-11(10)8-15/h9-12,15H,2-8H2,1H3,(H,14,16). The smallest absolute Gasteiger partial charge is 0.249 e. The molecule has 4 unspecified atom stereocenters. The van der Waals surface area contributed by atoms with Gasteiger partial charge >= 0.3 is 0 Å². The van der Waals surface area contributed by atoms with Gasteiger partial charge in [-0.15, -0.1) is 0 Å². The maximum absolute atomic E-state index is 11.8. The van der Waals surface area contributed by atoms with Crippen molar-refractivity contribution in [3.8, 4) is 0 Å². The Morgan fingerprint density at radius 2 is 2.06 bits per heavy atom. The van der Waals surface area contributed by atoms with Crippen molar-refractivity contribution in [3.05, 3.63) is 0 Å². The molecule has 4 heteroatoms. The Labute approximate surface area is 103 Å². The van der Waals surface area contributed by atoms with Crippen LogP contribution in [0.2, 0.25) is 0 Å². The van der Waals surface area contributed by atoms with E-state index in [1.807, 2.05) is 6.92 Å². The summed E-state index contributed by atoms with van der Waals surface area (Å²) in [5.41, 5.74) is 0. The van der Waals surface area contributed by atoms with Crippen molar-refractivity contribution >= 4 is 5.91 Å². The first-order valence-corrected chi connectivity index (χ1v) is 6.74. The van der Waals surface area contributed by atoms with Gasteiger partial charge in [0.25, 0.3) is 0 Å². The predicted molar refractivity (Wildman–Crippen MR) is 64.5 cm³/mol. The Morgan fingerprint density at radius 3 is 2.71 bits per heavy atom. The van der Waals surface area contributed by atoms with E-state index in [9.17, 15) is 9.90 Å². The molecular formula is C13H23NO3. The van der Waals surface area contributed by atoms with E-state index in [0.717, 1.165) is 25.7 Å². The fourth-order valence-electron chi connectivity index (χ4n) is 2.96. The summed E-state index contributed by atoms with van der Waals surface area (Å²) in [6.07, 6.45) is 5.15. The van der Waals surface area contributed by atoms with E-state index in [4.69, 9.17) is 4.74 Å². The molecule has 17 heavy (non-hydrogen) atoms. The zero-order valence-electron chi connectivity index (χ0n) is 10.5. The van der Waals surface area contributed by atoms with Crippen molar-refractivity contribution < 1.29 is 14.6 Å². The topological polar surface area (TPSA) is 58.6 Å². The molecule has 2 rings (SSSR count). The molecule has 2 fully saturated rings. The molecule has 2 aliphatic rings. The molecule has 1 aliphatic heterocycles. The van der Waals surface area contributed by atoms with E-state index in [1.165, 1.54) is 6.42 Å². The molecule has 0 aromatic rings.